The fourth-order valence-electron chi connectivity index (χ4n) is 1.96. The quantitative estimate of drug-likeness (QED) is 0.798. The average molecular weight is 328 g/mol. The maximum Gasteiger partial charge on any atom is 0.259 e. The molecule has 0 unspecified atom stereocenters. The topological polar surface area (TPSA) is 89.7 Å². The second kappa shape index (κ2) is 5.27. The number of nitrogens with two attached hydrogens (primary N) is 1. The number of carbonyl (C=O) groups excluding carboxylic acids is 1. The molecule has 1 heterocycles. The highest BCUT2D eigenvalue weighted by atomic mass is 32.2. The van der Waals surface area contributed by atoms with E-state index in [9.17, 15) is 13.2 Å². The number of thiocarbonyl (C=S) groups is 1. The van der Waals surface area contributed by atoms with Crippen LogP contribution >= 0.6 is 12.2 Å². The van der Waals surface area contributed by atoms with Crippen molar-refractivity contribution in [1.29, 1.82) is 0 Å². The molecule has 6 nitrogen and oxygen atoms in total. The minimum absolute atomic E-state index is 0.0120. The van der Waals surface area contributed by atoms with Gasteiger partial charge in [0.25, 0.3) is 15.9 Å². The summed E-state index contributed by atoms with van der Waals surface area (Å²) in [5.74, 6) is 0.105. The molecule has 2 N–H and O–H groups in total. The molecule has 0 saturated carbocycles. The predicted molar refractivity (Wildman–Crippen MR) is 82.5 cm³/mol. The normalized spacial score (nSPS) is 19.0. The average Bonchev–Trinajstić information content (AvgIpc) is 2.42. The van der Waals surface area contributed by atoms with Crippen molar-refractivity contribution in [1.82, 2.24) is 4.31 Å². The lowest BCUT2D eigenvalue weighted by Crippen LogP contribution is -2.67. The molecule has 1 saturated heterocycles. The smallest absolute Gasteiger partial charge is 0.259 e. The van der Waals surface area contributed by atoms with Gasteiger partial charge in [0.2, 0.25) is 0 Å². The third kappa shape index (κ3) is 2.60. The lowest BCUT2D eigenvalue weighted by atomic mass is 10.2. The largest absolute Gasteiger partial charge is 0.492 e. The van der Waals surface area contributed by atoms with Gasteiger partial charge in [-0.15, -0.1) is 0 Å². The molecule has 1 aromatic rings. The van der Waals surface area contributed by atoms with Crippen molar-refractivity contribution in [3.8, 4) is 5.75 Å². The Morgan fingerprint density at radius 2 is 2.10 bits per heavy atom. The highest BCUT2D eigenvalue weighted by Gasteiger charge is 2.59. The van der Waals surface area contributed by atoms with Gasteiger partial charge in [-0.3, -0.25) is 4.79 Å². The fourth-order valence-corrected chi connectivity index (χ4v) is 3.60. The Bertz CT molecular complexity index is 698. The molecule has 0 bridgehead atoms. The first-order valence-corrected chi connectivity index (χ1v) is 8.12. The van der Waals surface area contributed by atoms with Crippen molar-refractivity contribution >= 4 is 33.1 Å². The van der Waals surface area contributed by atoms with Crippen LogP contribution in [0.5, 0.6) is 5.75 Å². The molecule has 1 aliphatic heterocycles. The van der Waals surface area contributed by atoms with Crippen molar-refractivity contribution in [3.05, 3.63) is 29.8 Å². The van der Waals surface area contributed by atoms with E-state index in [4.69, 9.17) is 22.7 Å². The van der Waals surface area contributed by atoms with Gasteiger partial charge in [-0.05, 0) is 26.0 Å². The van der Waals surface area contributed by atoms with Crippen molar-refractivity contribution in [2.24, 2.45) is 5.73 Å². The minimum Gasteiger partial charge on any atom is -0.492 e. The van der Waals surface area contributed by atoms with Crippen LogP contribution in [0.1, 0.15) is 19.4 Å². The second-order valence-electron chi connectivity index (χ2n) is 5.13. The molecular formula is C13H16N2O4S2. The van der Waals surface area contributed by atoms with E-state index in [2.05, 4.69) is 0 Å². The Balaban J connectivity index is 1.96. The number of hydrogen-bond donors (Lipinski definition) is 1. The second-order valence-corrected chi connectivity index (χ2v) is 7.98. The predicted octanol–water partition coefficient (Wildman–Crippen LogP) is 0.650. The summed E-state index contributed by atoms with van der Waals surface area (Å²) in [6, 6.07) is 6.86. The van der Waals surface area contributed by atoms with Crippen LogP contribution in [0.25, 0.3) is 0 Å². The van der Waals surface area contributed by atoms with Crippen LogP contribution in [0.3, 0.4) is 0 Å². The molecule has 21 heavy (non-hydrogen) atoms. The molecule has 114 valence electrons. The van der Waals surface area contributed by atoms with E-state index < -0.39 is 20.7 Å². The van der Waals surface area contributed by atoms with Crippen LogP contribution in [0.4, 0.5) is 0 Å². The van der Waals surface area contributed by atoms with Crippen LogP contribution in [0.15, 0.2) is 24.3 Å². The number of sulfonamides is 1. The maximum atomic E-state index is 11.9. The summed E-state index contributed by atoms with van der Waals surface area (Å²) >= 11 is 4.86. The lowest BCUT2D eigenvalue weighted by Gasteiger charge is -2.42. The summed E-state index contributed by atoms with van der Waals surface area (Å²) in [5.41, 5.74) is 6.18. The number of rotatable bonds is 5. The van der Waals surface area contributed by atoms with E-state index in [0.29, 0.717) is 11.3 Å². The maximum absolute atomic E-state index is 11.9. The molecule has 1 amide bonds. The number of ether oxygens (including phenoxy) is 1. The van der Waals surface area contributed by atoms with Crippen LogP contribution in [0, 0.1) is 0 Å². The molecular weight excluding hydrogens is 312 g/mol. The molecule has 2 rings (SSSR count). The molecule has 8 heteroatoms. The van der Waals surface area contributed by atoms with Gasteiger partial charge in [-0.2, -0.15) is 0 Å². The first kappa shape index (κ1) is 15.7. The van der Waals surface area contributed by atoms with Gasteiger partial charge in [-0.1, -0.05) is 24.4 Å². The van der Waals surface area contributed by atoms with Gasteiger partial charge in [0, 0.05) is 5.56 Å². The molecule has 1 aromatic carbocycles. The zero-order valence-electron chi connectivity index (χ0n) is 11.7. The molecule has 0 radical (unpaired) electrons. The SMILES string of the molecule is CC1(C)C(=O)N(CCOc2cccc(C(N)=S)c2)S1(=O)=O. The first-order chi connectivity index (χ1) is 9.68. The molecule has 0 atom stereocenters. The minimum atomic E-state index is -3.56. The Morgan fingerprint density at radius 1 is 1.43 bits per heavy atom. The standard InChI is InChI=1S/C13H16N2O4S2/c1-13(2)12(16)15(21(13,17)18)6-7-19-10-5-3-4-9(8-10)11(14)20/h3-5,8H,6-7H2,1-2H3,(H2,14,20). The summed E-state index contributed by atoms with van der Waals surface area (Å²) in [6.07, 6.45) is 0. The van der Waals surface area contributed by atoms with E-state index in [-0.39, 0.29) is 18.1 Å². The summed E-state index contributed by atoms with van der Waals surface area (Å²) in [5, 5.41) is 0. The first-order valence-electron chi connectivity index (χ1n) is 6.27. The summed E-state index contributed by atoms with van der Waals surface area (Å²) in [4.78, 5) is 12.0. The monoisotopic (exact) mass is 328 g/mol. The third-order valence-corrected chi connectivity index (χ3v) is 5.99. The number of hydrogen-bond acceptors (Lipinski definition) is 5. The van der Waals surface area contributed by atoms with Crippen molar-refractivity contribution < 1.29 is 17.9 Å². The summed E-state index contributed by atoms with van der Waals surface area (Å²) in [7, 11) is -3.56. The summed E-state index contributed by atoms with van der Waals surface area (Å²) in [6.45, 7) is 2.85. The van der Waals surface area contributed by atoms with E-state index in [0.717, 1.165) is 4.31 Å². The molecule has 0 spiro atoms. The molecule has 1 fully saturated rings. The summed E-state index contributed by atoms with van der Waals surface area (Å²) < 4.78 is 28.7. The third-order valence-electron chi connectivity index (χ3n) is 3.36. The lowest BCUT2D eigenvalue weighted by molar-refractivity contribution is -0.132. The van der Waals surface area contributed by atoms with Crippen molar-refractivity contribution in [3.63, 3.8) is 0 Å². The van der Waals surface area contributed by atoms with Crippen molar-refractivity contribution in [2.45, 2.75) is 18.6 Å². The van der Waals surface area contributed by atoms with E-state index in [1.807, 2.05) is 0 Å². The van der Waals surface area contributed by atoms with Crippen LogP contribution < -0.4 is 10.5 Å². The Morgan fingerprint density at radius 3 is 2.67 bits per heavy atom. The number of amides is 1. The zero-order valence-corrected chi connectivity index (χ0v) is 13.3. The van der Waals surface area contributed by atoms with Crippen LogP contribution in [-0.4, -0.2) is 41.5 Å². The van der Waals surface area contributed by atoms with E-state index in [1.54, 1.807) is 24.3 Å². The van der Waals surface area contributed by atoms with Crippen molar-refractivity contribution in [2.75, 3.05) is 13.2 Å². The molecule has 0 aromatic heterocycles. The van der Waals surface area contributed by atoms with Gasteiger partial charge in [-0.25, -0.2) is 12.7 Å². The fraction of sp³-hybridized carbons (Fsp3) is 0.385. The molecule has 1 aliphatic rings. The zero-order chi connectivity index (χ0) is 15.8. The van der Waals surface area contributed by atoms with E-state index >= 15 is 0 Å². The Hall–Kier alpha value is -1.67. The Kier molecular flexibility index (Phi) is 3.94. The highest BCUT2D eigenvalue weighted by Crippen LogP contribution is 2.34. The van der Waals surface area contributed by atoms with Gasteiger partial charge in [0.1, 0.15) is 17.3 Å². The van der Waals surface area contributed by atoms with Gasteiger partial charge in [0.05, 0.1) is 6.54 Å². The van der Waals surface area contributed by atoms with Gasteiger partial charge < -0.3 is 10.5 Å². The van der Waals surface area contributed by atoms with Gasteiger partial charge in [0.15, 0.2) is 4.75 Å². The van der Waals surface area contributed by atoms with Crippen LogP contribution in [-0.2, 0) is 14.8 Å². The molecule has 0 aliphatic carbocycles. The number of carbonyl (C=O) groups is 1. The van der Waals surface area contributed by atoms with Gasteiger partial charge >= 0.3 is 0 Å². The van der Waals surface area contributed by atoms with E-state index in [1.165, 1.54) is 13.8 Å². The number of benzene rings is 1. The van der Waals surface area contributed by atoms with Crippen LogP contribution in [0.2, 0.25) is 0 Å². The Labute approximate surface area is 128 Å². The highest BCUT2D eigenvalue weighted by molar-refractivity contribution is 7.94. The number of nitrogens with zero attached hydrogens (tertiary/aromatic N) is 1.